The number of hydrogen-bond donors (Lipinski definition) is 2. The molecule has 1 aromatic heterocycles. The molecule has 0 radical (unpaired) electrons. The van der Waals surface area contributed by atoms with E-state index in [-0.39, 0.29) is 12.3 Å². The summed E-state index contributed by atoms with van der Waals surface area (Å²) in [6.07, 6.45) is 0.163. The zero-order valence-corrected chi connectivity index (χ0v) is 10.9. The van der Waals surface area contributed by atoms with Gasteiger partial charge in [-0.15, -0.1) is 0 Å². The molecule has 0 fully saturated rings. The van der Waals surface area contributed by atoms with Crippen molar-refractivity contribution in [3.63, 3.8) is 0 Å². The first-order chi connectivity index (χ1) is 8.47. The fourth-order valence-corrected chi connectivity index (χ4v) is 2.31. The number of aliphatic carboxylic acids is 1. The molecule has 0 amide bonds. The van der Waals surface area contributed by atoms with Gasteiger partial charge in [0.15, 0.2) is 0 Å². The Morgan fingerprint density at radius 1 is 1.44 bits per heavy atom. The highest BCUT2D eigenvalue weighted by Gasteiger charge is 2.19. The first kappa shape index (κ1) is 12.6. The van der Waals surface area contributed by atoms with E-state index in [0.717, 1.165) is 22.4 Å². The summed E-state index contributed by atoms with van der Waals surface area (Å²) in [5.74, 6) is 0.453. The summed E-state index contributed by atoms with van der Waals surface area (Å²) in [6.45, 7) is 6.02. The van der Waals surface area contributed by atoms with Gasteiger partial charge in [-0.1, -0.05) is 19.9 Å². The summed E-state index contributed by atoms with van der Waals surface area (Å²) in [4.78, 5) is 18.5. The number of aromatic nitrogens is 2. The predicted octanol–water partition coefficient (Wildman–Crippen LogP) is 3.09. The second-order valence-electron chi connectivity index (χ2n) is 5.05. The maximum Gasteiger partial charge on any atom is 0.303 e. The number of carboxylic acid groups (broad SMARTS) is 1. The number of rotatable bonds is 4. The van der Waals surface area contributed by atoms with Gasteiger partial charge >= 0.3 is 5.97 Å². The number of carboxylic acids is 1. The number of H-pyrrole nitrogens is 1. The van der Waals surface area contributed by atoms with Crippen molar-refractivity contribution in [2.24, 2.45) is 5.92 Å². The lowest BCUT2D eigenvalue weighted by atomic mass is 9.85. The number of aryl methyl sites for hydroxylation is 1. The molecule has 4 nitrogen and oxygen atoms in total. The quantitative estimate of drug-likeness (QED) is 0.871. The second-order valence-corrected chi connectivity index (χ2v) is 5.05. The van der Waals surface area contributed by atoms with Gasteiger partial charge in [0.2, 0.25) is 0 Å². The van der Waals surface area contributed by atoms with E-state index in [9.17, 15) is 4.79 Å². The highest BCUT2D eigenvalue weighted by atomic mass is 16.4. The maximum absolute atomic E-state index is 10.9. The molecule has 18 heavy (non-hydrogen) atoms. The van der Waals surface area contributed by atoms with Gasteiger partial charge in [0.05, 0.1) is 17.5 Å². The van der Waals surface area contributed by atoms with Gasteiger partial charge in [-0.05, 0) is 36.5 Å². The highest BCUT2D eigenvalue weighted by Crippen LogP contribution is 2.29. The maximum atomic E-state index is 10.9. The Morgan fingerprint density at radius 2 is 2.17 bits per heavy atom. The molecule has 0 aliphatic heterocycles. The Morgan fingerprint density at radius 3 is 2.78 bits per heavy atom. The number of nitrogens with zero attached hydrogens (tertiary/aromatic N) is 1. The average Bonchev–Trinajstić information content (AvgIpc) is 2.64. The molecular formula is C14H18N2O2. The minimum absolute atomic E-state index is 0.0375. The number of fused-ring (bicyclic) bond motifs is 1. The fraction of sp³-hybridized carbons (Fsp3) is 0.429. The number of nitrogens with one attached hydrogen (secondary N) is 1. The minimum atomic E-state index is -0.755. The molecule has 0 aliphatic carbocycles. The van der Waals surface area contributed by atoms with Crippen LogP contribution in [0, 0.1) is 12.8 Å². The van der Waals surface area contributed by atoms with E-state index in [1.165, 1.54) is 0 Å². The SMILES string of the molecule is Cc1nc2ccc(C(CC(=O)O)C(C)C)cc2[nH]1. The number of carbonyl (C=O) groups is 1. The van der Waals surface area contributed by atoms with Crippen molar-refractivity contribution in [2.75, 3.05) is 0 Å². The molecule has 0 saturated carbocycles. The van der Waals surface area contributed by atoms with E-state index in [0.29, 0.717) is 5.92 Å². The normalized spacial score (nSPS) is 13.1. The van der Waals surface area contributed by atoms with E-state index < -0.39 is 5.97 Å². The fourth-order valence-electron chi connectivity index (χ4n) is 2.31. The van der Waals surface area contributed by atoms with E-state index in [1.54, 1.807) is 0 Å². The van der Waals surface area contributed by atoms with Crippen LogP contribution >= 0.6 is 0 Å². The van der Waals surface area contributed by atoms with Crippen molar-refractivity contribution >= 4 is 17.0 Å². The van der Waals surface area contributed by atoms with E-state index >= 15 is 0 Å². The summed E-state index contributed by atoms with van der Waals surface area (Å²) in [6, 6.07) is 5.95. The Bertz CT molecular complexity index is 572. The molecule has 0 aliphatic rings. The van der Waals surface area contributed by atoms with Crippen molar-refractivity contribution in [1.29, 1.82) is 0 Å². The third-order valence-corrected chi connectivity index (χ3v) is 3.25. The third-order valence-electron chi connectivity index (χ3n) is 3.25. The lowest BCUT2D eigenvalue weighted by molar-refractivity contribution is -0.137. The van der Waals surface area contributed by atoms with Gasteiger partial charge in [0.25, 0.3) is 0 Å². The van der Waals surface area contributed by atoms with E-state index in [4.69, 9.17) is 5.11 Å². The first-order valence-corrected chi connectivity index (χ1v) is 6.15. The monoisotopic (exact) mass is 246 g/mol. The number of imidazole rings is 1. The van der Waals surface area contributed by atoms with Crippen LogP contribution in [0.5, 0.6) is 0 Å². The summed E-state index contributed by atoms with van der Waals surface area (Å²) >= 11 is 0. The molecule has 2 N–H and O–H groups in total. The predicted molar refractivity (Wildman–Crippen MR) is 70.7 cm³/mol. The molecule has 1 heterocycles. The van der Waals surface area contributed by atoms with Crippen LogP contribution in [0.4, 0.5) is 0 Å². The number of aromatic amines is 1. The Hall–Kier alpha value is -1.84. The van der Waals surface area contributed by atoms with Crippen LogP contribution in [-0.4, -0.2) is 21.0 Å². The summed E-state index contributed by atoms with van der Waals surface area (Å²) in [5, 5.41) is 8.99. The Balaban J connectivity index is 2.40. The second kappa shape index (κ2) is 4.80. The van der Waals surface area contributed by atoms with Gasteiger partial charge in [0, 0.05) is 0 Å². The molecule has 4 heteroatoms. The van der Waals surface area contributed by atoms with Crippen molar-refractivity contribution in [3.8, 4) is 0 Å². The third kappa shape index (κ3) is 2.53. The first-order valence-electron chi connectivity index (χ1n) is 6.15. The van der Waals surface area contributed by atoms with Crippen molar-refractivity contribution in [3.05, 3.63) is 29.6 Å². The number of hydrogen-bond acceptors (Lipinski definition) is 2. The zero-order chi connectivity index (χ0) is 13.3. The van der Waals surface area contributed by atoms with Crippen LogP contribution in [0.2, 0.25) is 0 Å². The zero-order valence-electron chi connectivity index (χ0n) is 10.9. The molecule has 2 rings (SSSR count). The van der Waals surface area contributed by atoms with Gasteiger partial charge < -0.3 is 10.1 Å². The van der Waals surface area contributed by atoms with Gasteiger partial charge in [-0.2, -0.15) is 0 Å². The van der Waals surface area contributed by atoms with Gasteiger partial charge in [-0.3, -0.25) is 4.79 Å². The van der Waals surface area contributed by atoms with Crippen LogP contribution in [0.25, 0.3) is 11.0 Å². The van der Waals surface area contributed by atoms with Crippen LogP contribution in [0.3, 0.4) is 0 Å². The topological polar surface area (TPSA) is 66.0 Å². The van der Waals surface area contributed by atoms with Gasteiger partial charge in [-0.25, -0.2) is 4.98 Å². The molecule has 2 aromatic rings. The van der Waals surface area contributed by atoms with E-state index in [1.807, 2.05) is 25.1 Å². The van der Waals surface area contributed by atoms with Crippen molar-refractivity contribution in [1.82, 2.24) is 9.97 Å². The average molecular weight is 246 g/mol. The Labute approximate surface area is 106 Å². The molecule has 96 valence electrons. The standard InChI is InChI=1S/C14H18N2O2/c1-8(2)11(7-14(17)18)10-4-5-12-13(6-10)16-9(3)15-12/h4-6,8,11H,7H2,1-3H3,(H,15,16)(H,17,18). The highest BCUT2D eigenvalue weighted by molar-refractivity contribution is 5.76. The van der Waals surface area contributed by atoms with Crippen LogP contribution in [0.15, 0.2) is 18.2 Å². The molecule has 1 unspecified atom stereocenters. The van der Waals surface area contributed by atoms with Crippen LogP contribution < -0.4 is 0 Å². The summed E-state index contributed by atoms with van der Waals surface area (Å²) in [7, 11) is 0. The number of benzene rings is 1. The lowest BCUT2D eigenvalue weighted by Crippen LogP contribution is -2.12. The molecule has 1 aromatic carbocycles. The smallest absolute Gasteiger partial charge is 0.303 e. The van der Waals surface area contributed by atoms with Crippen LogP contribution in [0.1, 0.15) is 37.6 Å². The largest absolute Gasteiger partial charge is 0.481 e. The van der Waals surface area contributed by atoms with Crippen molar-refractivity contribution in [2.45, 2.75) is 33.1 Å². The van der Waals surface area contributed by atoms with Crippen LogP contribution in [-0.2, 0) is 4.79 Å². The molecule has 1 atom stereocenters. The van der Waals surface area contributed by atoms with Gasteiger partial charge in [0.1, 0.15) is 5.82 Å². The molecular weight excluding hydrogens is 228 g/mol. The Kier molecular flexibility index (Phi) is 3.36. The lowest BCUT2D eigenvalue weighted by Gasteiger charge is -2.19. The summed E-state index contributed by atoms with van der Waals surface area (Å²) in [5.41, 5.74) is 2.96. The molecule has 0 saturated heterocycles. The van der Waals surface area contributed by atoms with E-state index in [2.05, 4.69) is 23.8 Å². The summed E-state index contributed by atoms with van der Waals surface area (Å²) < 4.78 is 0. The van der Waals surface area contributed by atoms with Crippen molar-refractivity contribution < 1.29 is 9.90 Å². The minimum Gasteiger partial charge on any atom is -0.481 e. The molecule has 0 spiro atoms. The molecule has 0 bridgehead atoms.